The van der Waals surface area contributed by atoms with E-state index in [-0.39, 0.29) is 32.2 Å². The summed E-state index contributed by atoms with van der Waals surface area (Å²) < 4.78 is 5.17. The highest BCUT2D eigenvalue weighted by molar-refractivity contribution is 6.42. The van der Waals surface area contributed by atoms with Gasteiger partial charge in [-0.05, 0) is 24.3 Å². The van der Waals surface area contributed by atoms with Crippen molar-refractivity contribution in [3.63, 3.8) is 0 Å². The topological polar surface area (TPSA) is 81.5 Å². The quantitative estimate of drug-likeness (QED) is 0.541. The highest BCUT2D eigenvalue weighted by Gasteiger charge is 2.18. The molecule has 0 saturated carbocycles. The molecule has 2 aromatic carbocycles. The van der Waals surface area contributed by atoms with E-state index in [9.17, 15) is 14.9 Å². The van der Waals surface area contributed by atoms with Crippen LogP contribution in [0.4, 0.5) is 11.4 Å². The van der Waals surface area contributed by atoms with Crippen molar-refractivity contribution in [1.82, 2.24) is 0 Å². The fourth-order valence-electron chi connectivity index (χ4n) is 1.74. The Kier molecular flexibility index (Phi) is 6.12. The maximum absolute atomic E-state index is 11.9. The van der Waals surface area contributed by atoms with Crippen LogP contribution in [-0.4, -0.2) is 17.4 Å². The lowest BCUT2D eigenvalue weighted by atomic mass is 10.3. The first kappa shape index (κ1) is 18.6. The summed E-state index contributed by atoms with van der Waals surface area (Å²) in [5, 5.41) is 14.2. The van der Waals surface area contributed by atoms with Gasteiger partial charge < -0.3 is 10.1 Å². The van der Waals surface area contributed by atoms with E-state index in [0.717, 1.165) is 6.07 Å². The third-order valence-electron chi connectivity index (χ3n) is 2.75. The zero-order valence-electron chi connectivity index (χ0n) is 11.7. The van der Waals surface area contributed by atoms with Crippen molar-refractivity contribution in [3.8, 4) is 5.75 Å². The van der Waals surface area contributed by atoms with E-state index in [1.807, 2.05) is 0 Å². The van der Waals surface area contributed by atoms with E-state index in [1.54, 1.807) is 0 Å². The van der Waals surface area contributed by atoms with Crippen molar-refractivity contribution in [2.24, 2.45) is 0 Å². The molecular formula is C14H8Cl4N2O4. The summed E-state index contributed by atoms with van der Waals surface area (Å²) in [6.45, 7) is -0.488. The third kappa shape index (κ3) is 4.64. The molecule has 0 aliphatic carbocycles. The Morgan fingerprint density at radius 3 is 2.29 bits per heavy atom. The number of halogens is 4. The average Bonchev–Trinajstić information content (AvgIpc) is 2.49. The van der Waals surface area contributed by atoms with Crippen molar-refractivity contribution in [3.05, 3.63) is 60.5 Å². The zero-order chi connectivity index (χ0) is 17.9. The molecule has 0 heterocycles. The number of nitrogens with one attached hydrogen (secondary N) is 1. The van der Waals surface area contributed by atoms with Gasteiger partial charge in [0, 0.05) is 16.1 Å². The summed E-state index contributed by atoms with van der Waals surface area (Å²) >= 11 is 23.4. The van der Waals surface area contributed by atoms with Crippen LogP contribution in [0.1, 0.15) is 0 Å². The van der Waals surface area contributed by atoms with Crippen LogP contribution in [0.2, 0.25) is 20.1 Å². The van der Waals surface area contributed by atoms with Gasteiger partial charge in [-0.15, -0.1) is 0 Å². The maximum atomic E-state index is 11.9. The number of carbonyl (C=O) groups is 1. The van der Waals surface area contributed by atoms with Crippen LogP contribution in [0.15, 0.2) is 30.3 Å². The predicted octanol–water partition coefficient (Wildman–Crippen LogP) is 5.23. The highest BCUT2D eigenvalue weighted by atomic mass is 35.5. The van der Waals surface area contributed by atoms with E-state index in [0.29, 0.717) is 5.02 Å². The summed E-state index contributed by atoms with van der Waals surface area (Å²) in [5.74, 6) is -0.696. The van der Waals surface area contributed by atoms with Crippen LogP contribution in [0.5, 0.6) is 5.75 Å². The number of carbonyl (C=O) groups excluding carboxylic acids is 1. The molecule has 24 heavy (non-hydrogen) atoms. The van der Waals surface area contributed by atoms with Crippen LogP contribution < -0.4 is 10.1 Å². The second-order valence-electron chi connectivity index (χ2n) is 4.45. The van der Waals surface area contributed by atoms with Gasteiger partial charge in [0.1, 0.15) is 0 Å². The normalized spacial score (nSPS) is 10.3. The lowest BCUT2D eigenvalue weighted by Crippen LogP contribution is -2.20. The number of nitro benzene ring substituents is 1. The summed E-state index contributed by atoms with van der Waals surface area (Å²) in [6, 6.07) is 6.66. The summed E-state index contributed by atoms with van der Waals surface area (Å²) in [4.78, 5) is 22.2. The molecule has 0 unspecified atom stereocenters. The van der Waals surface area contributed by atoms with E-state index in [4.69, 9.17) is 51.1 Å². The molecule has 0 radical (unpaired) electrons. The first-order chi connectivity index (χ1) is 11.3. The van der Waals surface area contributed by atoms with Crippen LogP contribution >= 0.6 is 46.4 Å². The summed E-state index contributed by atoms with van der Waals surface area (Å²) in [7, 11) is 0. The number of hydrogen-bond acceptors (Lipinski definition) is 4. The number of hydrogen-bond donors (Lipinski definition) is 1. The van der Waals surface area contributed by atoms with Gasteiger partial charge in [-0.2, -0.15) is 0 Å². The van der Waals surface area contributed by atoms with Gasteiger partial charge in [0.05, 0.1) is 20.7 Å². The van der Waals surface area contributed by atoms with E-state index >= 15 is 0 Å². The molecule has 0 spiro atoms. The Morgan fingerprint density at radius 1 is 1.08 bits per heavy atom. The Balaban J connectivity index is 2.09. The number of ether oxygens (including phenoxy) is 1. The van der Waals surface area contributed by atoms with Crippen molar-refractivity contribution < 1.29 is 14.5 Å². The van der Waals surface area contributed by atoms with Crippen molar-refractivity contribution >= 4 is 63.7 Å². The van der Waals surface area contributed by atoms with Crippen molar-refractivity contribution in [2.75, 3.05) is 11.9 Å². The van der Waals surface area contributed by atoms with Gasteiger partial charge in [0.15, 0.2) is 12.4 Å². The number of nitro groups is 1. The van der Waals surface area contributed by atoms with Gasteiger partial charge in [-0.25, -0.2) is 0 Å². The van der Waals surface area contributed by atoms with Gasteiger partial charge in [-0.3, -0.25) is 14.9 Å². The molecule has 0 aromatic heterocycles. The minimum absolute atomic E-state index is 0.0900. The first-order valence-corrected chi connectivity index (χ1v) is 7.80. The molecule has 2 aromatic rings. The summed E-state index contributed by atoms with van der Waals surface area (Å²) in [5.41, 5.74) is -0.181. The molecule has 0 atom stereocenters. The first-order valence-electron chi connectivity index (χ1n) is 6.29. The molecule has 2 rings (SSSR count). The number of anilines is 1. The van der Waals surface area contributed by atoms with E-state index in [1.165, 1.54) is 24.3 Å². The Hall–Kier alpha value is -1.73. The molecular weight excluding hydrogens is 402 g/mol. The molecule has 10 heteroatoms. The van der Waals surface area contributed by atoms with Gasteiger partial charge in [0.25, 0.3) is 5.91 Å². The Morgan fingerprint density at radius 2 is 1.71 bits per heavy atom. The molecule has 1 amide bonds. The predicted molar refractivity (Wildman–Crippen MR) is 93.7 cm³/mol. The third-order valence-corrected chi connectivity index (χ3v) is 3.80. The minimum atomic E-state index is -0.661. The minimum Gasteiger partial charge on any atom is -0.477 e. The summed E-state index contributed by atoms with van der Waals surface area (Å²) in [6.07, 6.45) is 0. The lowest BCUT2D eigenvalue weighted by molar-refractivity contribution is -0.385. The molecule has 1 N–H and O–H groups in total. The highest BCUT2D eigenvalue weighted by Crippen LogP contribution is 2.34. The van der Waals surface area contributed by atoms with Crippen LogP contribution in [0.3, 0.4) is 0 Å². The largest absolute Gasteiger partial charge is 0.477 e. The van der Waals surface area contributed by atoms with E-state index in [2.05, 4.69) is 5.32 Å². The zero-order valence-corrected chi connectivity index (χ0v) is 14.7. The van der Waals surface area contributed by atoms with Crippen molar-refractivity contribution in [2.45, 2.75) is 0 Å². The SMILES string of the molecule is O=C(COc1ccc(Cl)cc1[N+](=O)[O-])Nc1c(Cl)cc(Cl)cc1Cl. The van der Waals surface area contributed by atoms with Gasteiger partial charge in [0.2, 0.25) is 0 Å². The monoisotopic (exact) mass is 408 g/mol. The van der Waals surface area contributed by atoms with Crippen molar-refractivity contribution in [1.29, 1.82) is 0 Å². The standard InChI is InChI=1S/C14H8Cl4N2O4/c15-7-1-2-12(11(5-7)20(22)23)24-6-13(21)19-14-9(17)3-8(16)4-10(14)18/h1-5H,6H2,(H,19,21). The maximum Gasteiger partial charge on any atom is 0.312 e. The second-order valence-corrected chi connectivity index (χ2v) is 6.14. The smallest absolute Gasteiger partial charge is 0.312 e. The molecule has 126 valence electrons. The second kappa shape index (κ2) is 7.90. The average molecular weight is 410 g/mol. The molecule has 0 bridgehead atoms. The number of amides is 1. The van der Waals surface area contributed by atoms with Crippen LogP contribution in [0, 0.1) is 10.1 Å². The molecule has 0 aliphatic heterocycles. The molecule has 0 saturated heterocycles. The molecule has 6 nitrogen and oxygen atoms in total. The lowest BCUT2D eigenvalue weighted by Gasteiger charge is -2.11. The van der Waals surface area contributed by atoms with Crippen LogP contribution in [0.25, 0.3) is 0 Å². The van der Waals surface area contributed by atoms with Gasteiger partial charge >= 0.3 is 5.69 Å². The van der Waals surface area contributed by atoms with Gasteiger partial charge in [-0.1, -0.05) is 46.4 Å². The number of nitrogens with zero attached hydrogens (tertiary/aromatic N) is 1. The Bertz CT molecular complexity index is 790. The molecule has 0 aliphatic rings. The Labute approximate surface area is 156 Å². The number of benzene rings is 2. The fraction of sp³-hybridized carbons (Fsp3) is 0.0714. The number of rotatable bonds is 5. The fourth-order valence-corrected chi connectivity index (χ4v) is 2.81. The van der Waals surface area contributed by atoms with Crippen LogP contribution in [-0.2, 0) is 4.79 Å². The van der Waals surface area contributed by atoms with E-state index < -0.39 is 17.4 Å². The molecule has 0 fully saturated rings.